The molecule has 0 aliphatic carbocycles. The summed E-state index contributed by atoms with van der Waals surface area (Å²) in [5.41, 5.74) is 0.980. The number of rotatable bonds is 7. The van der Waals surface area contributed by atoms with Crippen molar-refractivity contribution in [3.63, 3.8) is 0 Å². The first-order chi connectivity index (χ1) is 9.22. The highest BCUT2D eigenvalue weighted by Gasteiger charge is 2.20. The van der Waals surface area contributed by atoms with Crippen LogP contribution in [0.15, 0.2) is 30.3 Å². The van der Waals surface area contributed by atoms with Gasteiger partial charge in [0.05, 0.1) is 12.4 Å². The van der Waals surface area contributed by atoms with E-state index in [-0.39, 0.29) is 17.8 Å². The van der Waals surface area contributed by atoms with Gasteiger partial charge in [-0.1, -0.05) is 51.1 Å². The van der Waals surface area contributed by atoms with Crippen molar-refractivity contribution in [3.05, 3.63) is 35.9 Å². The lowest BCUT2D eigenvalue weighted by atomic mass is 9.94. The van der Waals surface area contributed by atoms with Crippen molar-refractivity contribution in [2.45, 2.75) is 39.7 Å². The Morgan fingerprint density at radius 1 is 1.20 bits per heavy atom. The maximum Gasteiger partial charge on any atom is 0.211 e. The second kappa shape index (κ2) is 7.20. The van der Waals surface area contributed by atoms with Gasteiger partial charge in [0.15, 0.2) is 0 Å². The molecule has 0 aliphatic rings. The van der Waals surface area contributed by atoms with Crippen molar-refractivity contribution in [2.24, 2.45) is 5.41 Å². The van der Waals surface area contributed by atoms with E-state index in [1.165, 1.54) is 0 Å². The van der Waals surface area contributed by atoms with Gasteiger partial charge in [0, 0.05) is 6.04 Å². The first-order valence-electron chi connectivity index (χ1n) is 6.87. The van der Waals surface area contributed by atoms with Crippen LogP contribution in [0.1, 0.15) is 32.8 Å². The molecule has 0 saturated carbocycles. The minimum atomic E-state index is -3.36. The number of sulfonamides is 1. The lowest BCUT2D eigenvalue weighted by Crippen LogP contribution is -2.40. The van der Waals surface area contributed by atoms with Gasteiger partial charge < -0.3 is 5.11 Å². The zero-order valence-electron chi connectivity index (χ0n) is 12.5. The van der Waals surface area contributed by atoms with E-state index in [2.05, 4.69) is 4.72 Å². The molecular formula is C15H25NO3S. The zero-order valence-corrected chi connectivity index (χ0v) is 13.3. The van der Waals surface area contributed by atoms with Gasteiger partial charge in [-0.15, -0.1) is 0 Å². The second-order valence-electron chi connectivity index (χ2n) is 6.32. The highest BCUT2D eigenvalue weighted by molar-refractivity contribution is 7.89. The Kier molecular flexibility index (Phi) is 6.17. The maximum atomic E-state index is 12.0. The molecule has 0 amide bonds. The first-order valence-corrected chi connectivity index (χ1v) is 8.52. The number of aliphatic hydroxyl groups is 1. The number of aliphatic hydroxyl groups excluding tert-OH is 1. The summed E-state index contributed by atoms with van der Waals surface area (Å²) in [7, 11) is -3.36. The first kappa shape index (κ1) is 17.1. The zero-order chi connectivity index (χ0) is 15.2. The van der Waals surface area contributed by atoms with Crippen LogP contribution in [0.3, 0.4) is 0 Å². The summed E-state index contributed by atoms with van der Waals surface area (Å²) in [5, 5.41) is 9.35. The molecule has 114 valence electrons. The summed E-state index contributed by atoms with van der Waals surface area (Å²) >= 11 is 0. The fraction of sp³-hybridized carbons (Fsp3) is 0.600. The molecule has 0 spiro atoms. The minimum Gasteiger partial charge on any atom is -0.395 e. The van der Waals surface area contributed by atoms with Crippen LogP contribution in [0.5, 0.6) is 0 Å². The molecule has 2 N–H and O–H groups in total. The Labute approximate surface area is 122 Å². The number of hydrogen-bond acceptors (Lipinski definition) is 3. The maximum absolute atomic E-state index is 12.0. The van der Waals surface area contributed by atoms with Crippen LogP contribution in [0.2, 0.25) is 0 Å². The lowest BCUT2D eigenvalue weighted by Gasteiger charge is -2.20. The van der Waals surface area contributed by atoms with Crippen molar-refractivity contribution in [3.8, 4) is 0 Å². The molecule has 5 heteroatoms. The Balaban J connectivity index is 2.59. The minimum absolute atomic E-state index is 0.0249. The average Bonchev–Trinajstić information content (AvgIpc) is 2.36. The molecular weight excluding hydrogens is 274 g/mol. The molecule has 1 aromatic rings. The van der Waals surface area contributed by atoms with Crippen LogP contribution in [0.4, 0.5) is 0 Å². The highest BCUT2D eigenvalue weighted by Crippen LogP contribution is 2.19. The molecule has 0 radical (unpaired) electrons. The van der Waals surface area contributed by atoms with E-state index in [9.17, 15) is 13.5 Å². The topological polar surface area (TPSA) is 66.4 Å². The molecule has 0 fully saturated rings. The largest absolute Gasteiger partial charge is 0.395 e. The summed E-state index contributed by atoms with van der Waals surface area (Å²) < 4.78 is 26.6. The monoisotopic (exact) mass is 299 g/mol. The van der Waals surface area contributed by atoms with Gasteiger partial charge in [0.25, 0.3) is 0 Å². The predicted molar refractivity (Wildman–Crippen MR) is 82.0 cm³/mol. The van der Waals surface area contributed by atoms with Crippen LogP contribution in [0, 0.1) is 5.41 Å². The molecule has 4 nitrogen and oxygen atoms in total. The third-order valence-corrected chi connectivity index (χ3v) is 4.45. The van der Waals surface area contributed by atoms with Crippen LogP contribution < -0.4 is 4.72 Å². The molecule has 0 unspecified atom stereocenters. The van der Waals surface area contributed by atoms with E-state index in [0.717, 1.165) is 5.56 Å². The molecule has 0 heterocycles. The number of nitrogens with one attached hydrogen (secondary N) is 1. The van der Waals surface area contributed by atoms with Gasteiger partial charge in [-0.25, -0.2) is 13.1 Å². The SMILES string of the molecule is CC(C)(C)CCS(=O)(=O)N[C@@H](CO)Cc1ccccc1. The number of hydrogen-bond donors (Lipinski definition) is 2. The van der Waals surface area contributed by atoms with Crippen molar-refractivity contribution in [2.75, 3.05) is 12.4 Å². The van der Waals surface area contributed by atoms with Crippen LogP contribution >= 0.6 is 0 Å². The number of benzene rings is 1. The Morgan fingerprint density at radius 3 is 2.30 bits per heavy atom. The third-order valence-electron chi connectivity index (χ3n) is 3.01. The molecule has 1 rings (SSSR count). The molecule has 0 aliphatic heterocycles. The molecule has 1 aromatic carbocycles. The van der Waals surface area contributed by atoms with Gasteiger partial charge in [-0.3, -0.25) is 0 Å². The quantitative estimate of drug-likeness (QED) is 0.808. The van der Waals surface area contributed by atoms with E-state index in [1.54, 1.807) is 0 Å². The van der Waals surface area contributed by atoms with Crippen LogP contribution in [-0.4, -0.2) is 31.9 Å². The molecule has 20 heavy (non-hydrogen) atoms. The Bertz CT molecular complexity index is 492. The molecule has 0 saturated heterocycles. The van der Waals surface area contributed by atoms with Crippen LogP contribution in [-0.2, 0) is 16.4 Å². The van der Waals surface area contributed by atoms with Crippen molar-refractivity contribution in [1.82, 2.24) is 4.72 Å². The van der Waals surface area contributed by atoms with Gasteiger partial charge in [-0.2, -0.15) is 0 Å². The third kappa shape index (κ3) is 7.03. The van der Waals surface area contributed by atoms with E-state index >= 15 is 0 Å². The molecule has 0 bridgehead atoms. The van der Waals surface area contributed by atoms with E-state index in [1.807, 2.05) is 51.1 Å². The van der Waals surface area contributed by atoms with Crippen molar-refractivity contribution < 1.29 is 13.5 Å². The Hall–Kier alpha value is -0.910. The summed E-state index contributed by atoms with van der Waals surface area (Å²) in [6.45, 7) is 5.83. The average molecular weight is 299 g/mol. The molecule has 1 atom stereocenters. The van der Waals surface area contributed by atoms with E-state index in [4.69, 9.17) is 0 Å². The fourth-order valence-electron chi connectivity index (χ4n) is 1.80. The summed E-state index contributed by atoms with van der Waals surface area (Å²) in [5.74, 6) is 0.0851. The van der Waals surface area contributed by atoms with Gasteiger partial charge in [0.2, 0.25) is 10.0 Å². The summed E-state index contributed by atoms with van der Waals surface area (Å²) in [6.07, 6.45) is 1.08. The predicted octanol–water partition coefficient (Wildman–Crippen LogP) is 1.95. The van der Waals surface area contributed by atoms with E-state index in [0.29, 0.717) is 12.8 Å². The standard InChI is InChI=1S/C15H25NO3S/c1-15(2,3)9-10-20(18,19)16-14(12-17)11-13-7-5-4-6-8-13/h4-8,14,16-17H,9-12H2,1-3H3/t14-/m1/s1. The normalized spacial score (nSPS) is 14.2. The van der Waals surface area contributed by atoms with Crippen molar-refractivity contribution in [1.29, 1.82) is 0 Å². The van der Waals surface area contributed by atoms with E-state index < -0.39 is 16.1 Å². The summed E-state index contributed by atoms with van der Waals surface area (Å²) in [4.78, 5) is 0. The second-order valence-corrected chi connectivity index (χ2v) is 8.19. The smallest absolute Gasteiger partial charge is 0.211 e. The van der Waals surface area contributed by atoms with Crippen LogP contribution in [0.25, 0.3) is 0 Å². The lowest BCUT2D eigenvalue weighted by molar-refractivity contribution is 0.256. The highest BCUT2D eigenvalue weighted by atomic mass is 32.2. The van der Waals surface area contributed by atoms with Gasteiger partial charge >= 0.3 is 0 Å². The fourth-order valence-corrected chi connectivity index (χ4v) is 3.46. The Morgan fingerprint density at radius 2 is 1.80 bits per heavy atom. The summed E-state index contributed by atoms with van der Waals surface area (Å²) in [6, 6.07) is 9.08. The van der Waals surface area contributed by atoms with Gasteiger partial charge in [0.1, 0.15) is 0 Å². The van der Waals surface area contributed by atoms with Gasteiger partial charge in [-0.05, 0) is 23.8 Å². The molecule has 0 aromatic heterocycles. The van der Waals surface area contributed by atoms with Crippen molar-refractivity contribution >= 4 is 10.0 Å².